The van der Waals surface area contributed by atoms with Gasteiger partial charge in [0, 0.05) is 39.9 Å². The SMILES string of the molecule is ClCc1cccc2ccccc12.IC(I)I.ICI.OCCN1CSCSC1.OCC[N+]1(Cc2cccc3ccccc23)CSCSC1.[Cl-].[I][V][I]. The summed E-state index contributed by atoms with van der Waals surface area (Å²) in [6.07, 6.45) is 0. The molecular weight excluding hydrogens is 1610 g/mol. The van der Waals surface area contributed by atoms with Crippen LogP contribution in [0.25, 0.3) is 21.5 Å². The molecule has 293 valence electrons. The quantitative estimate of drug-likeness (QED) is 0.109. The van der Waals surface area contributed by atoms with Crippen LogP contribution in [0.2, 0.25) is 0 Å². The number of aliphatic hydroxyl groups excluding tert-OH is 2. The van der Waals surface area contributed by atoms with Gasteiger partial charge in [-0.1, -0.05) is 221 Å². The van der Waals surface area contributed by atoms with Gasteiger partial charge in [0.15, 0.2) is 0 Å². The molecule has 0 unspecified atom stereocenters. The van der Waals surface area contributed by atoms with E-state index in [1.807, 2.05) is 65.2 Å². The van der Waals surface area contributed by atoms with Crippen molar-refractivity contribution >= 4 is 233 Å². The molecule has 2 aliphatic heterocycles. The number of fused-ring (bicyclic) bond motifs is 2. The van der Waals surface area contributed by atoms with Crippen LogP contribution >= 0.6 is 212 Å². The first-order valence-electron chi connectivity index (χ1n) is 15.3. The van der Waals surface area contributed by atoms with Crippen LogP contribution in [-0.2, 0) is 21.9 Å². The zero-order chi connectivity index (χ0) is 37.7. The molecule has 0 saturated carbocycles. The van der Waals surface area contributed by atoms with Crippen LogP contribution in [0.4, 0.5) is 0 Å². The molecule has 4 aromatic rings. The van der Waals surface area contributed by atoms with E-state index in [0.717, 1.165) is 47.6 Å². The van der Waals surface area contributed by atoms with Crippen molar-refractivity contribution in [3.8, 4) is 0 Å². The molecule has 2 N–H and O–H groups in total. The van der Waals surface area contributed by atoms with Crippen molar-refractivity contribution in [3.63, 3.8) is 0 Å². The molecular formula is C34H43Cl2I7N2O2S4V. The molecule has 0 spiro atoms. The Morgan fingerprint density at radius 3 is 1.60 bits per heavy atom. The van der Waals surface area contributed by atoms with Crippen molar-refractivity contribution in [2.75, 3.05) is 62.4 Å². The summed E-state index contributed by atoms with van der Waals surface area (Å²) < 4.78 is 2.92. The second-order valence-corrected chi connectivity index (χ2v) is 42.4. The fourth-order valence-electron chi connectivity index (χ4n) is 4.97. The van der Waals surface area contributed by atoms with Gasteiger partial charge in [0.25, 0.3) is 0 Å². The van der Waals surface area contributed by atoms with Crippen LogP contribution in [0, 0.1) is 0 Å². The number of thioether (sulfide) groups is 4. The Balaban J connectivity index is 0.000000697. The van der Waals surface area contributed by atoms with Crippen LogP contribution in [0.1, 0.15) is 11.1 Å². The molecule has 4 nitrogen and oxygen atoms in total. The van der Waals surface area contributed by atoms with E-state index in [0.29, 0.717) is 22.0 Å². The number of nitrogens with zero attached hydrogens (tertiary/aromatic N) is 2. The molecule has 0 aliphatic carbocycles. The molecule has 2 fully saturated rings. The topological polar surface area (TPSA) is 43.7 Å². The van der Waals surface area contributed by atoms with Crippen LogP contribution in [0.3, 0.4) is 0 Å². The zero-order valence-corrected chi connectivity index (χ0v) is 49.4. The van der Waals surface area contributed by atoms with Crippen molar-refractivity contribution in [2.45, 2.75) is 12.4 Å². The Bertz CT molecular complexity index is 1430. The van der Waals surface area contributed by atoms with Gasteiger partial charge in [-0.05, 0) is 27.1 Å². The van der Waals surface area contributed by atoms with Gasteiger partial charge < -0.3 is 27.1 Å². The normalized spacial score (nSPS) is 14.6. The van der Waals surface area contributed by atoms with E-state index in [4.69, 9.17) is 16.7 Å². The molecule has 2 heterocycles. The predicted molar refractivity (Wildman–Crippen MR) is 294 cm³/mol. The molecule has 4 aromatic carbocycles. The number of alkyl halides is 6. The van der Waals surface area contributed by atoms with E-state index < -0.39 is 0 Å². The Kier molecular flexibility index (Phi) is 41.2. The summed E-state index contributed by atoms with van der Waals surface area (Å²) in [5.41, 5.74) is 2.61. The van der Waals surface area contributed by atoms with Gasteiger partial charge in [-0.25, -0.2) is 0 Å². The fraction of sp³-hybridized carbons (Fsp3) is 0.412. The average molecular weight is 1650 g/mol. The number of hydrogen-bond donors (Lipinski definition) is 2. The summed E-state index contributed by atoms with van der Waals surface area (Å²) in [4.78, 5) is 2.25. The third kappa shape index (κ3) is 25.6. The number of halogens is 9. The first-order valence-corrected chi connectivity index (χ1v) is 36.3. The molecule has 18 heteroatoms. The number of benzene rings is 4. The summed E-state index contributed by atoms with van der Waals surface area (Å²) in [7, 11) is 0.628. The van der Waals surface area contributed by atoms with E-state index in [9.17, 15) is 5.11 Å². The maximum atomic E-state index is 9.44. The molecule has 0 radical (unpaired) electrons. The van der Waals surface area contributed by atoms with Crippen molar-refractivity contribution in [1.29, 1.82) is 0 Å². The predicted octanol–water partition coefficient (Wildman–Crippen LogP) is 10.9. The minimum absolute atomic E-state index is 0. The minimum atomic E-state index is 0. The number of rotatable bonds is 7. The van der Waals surface area contributed by atoms with Crippen molar-refractivity contribution < 1.29 is 36.6 Å². The van der Waals surface area contributed by atoms with Gasteiger partial charge in [-0.15, -0.1) is 35.1 Å². The number of β-amino-alcohol motifs (C(OH)–C–C–N with tert-alkyl or cyclic N) is 1. The van der Waals surface area contributed by atoms with Gasteiger partial charge in [0.05, 0.1) is 15.6 Å². The van der Waals surface area contributed by atoms with E-state index in [1.165, 1.54) is 45.3 Å². The molecule has 0 amide bonds. The van der Waals surface area contributed by atoms with Gasteiger partial charge in [0.1, 0.15) is 24.8 Å². The van der Waals surface area contributed by atoms with Crippen LogP contribution < -0.4 is 12.4 Å². The second kappa shape index (κ2) is 37.7. The van der Waals surface area contributed by atoms with Gasteiger partial charge >= 0.3 is 49.4 Å². The summed E-state index contributed by atoms with van der Waals surface area (Å²) in [6, 6.07) is 29.7. The third-order valence-corrected chi connectivity index (χ3v) is 12.5. The van der Waals surface area contributed by atoms with Crippen LogP contribution in [-0.4, -0.2) is 81.9 Å². The molecule has 0 atom stereocenters. The van der Waals surface area contributed by atoms with E-state index in [2.05, 4.69) is 225 Å². The zero-order valence-electron chi connectivity index (χ0n) is 28.1. The number of aliphatic hydroxyl groups is 2. The Morgan fingerprint density at radius 2 is 1.13 bits per heavy atom. The monoisotopic (exact) mass is 1650 g/mol. The van der Waals surface area contributed by atoms with E-state index in [-0.39, 0.29) is 19.0 Å². The molecule has 0 aromatic heterocycles. The van der Waals surface area contributed by atoms with Crippen molar-refractivity contribution in [2.24, 2.45) is 0 Å². The van der Waals surface area contributed by atoms with Crippen LogP contribution in [0.15, 0.2) is 84.9 Å². The summed E-state index contributed by atoms with van der Waals surface area (Å²) in [5.74, 6) is 4.98. The molecule has 2 aliphatic rings. The number of hydrogen-bond acceptors (Lipinski definition) is 7. The Morgan fingerprint density at radius 1 is 0.712 bits per heavy atom. The van der Waals surface area contributed by atoms with Gasteiger partial charge in [-0.2, -0.15) is 0 Å². The summed E-state index contributed by atoms with van der Waals surface area (Å²) in [6.45, 7) is 3.26. The second-order valence-electron chi connectivity index (χ2n) is 10.5. The fourth-order valence-corrected chi connectivity index (χ4v) is 9.92. The van der Waals surface area contributed by atoms with Gasteiger partial charge in [-0.3, -0.25) is 4.90 Å². The standard InChI is InChI=1S/C16H20NOS2.C11H9Cl.C5H11NOS2.CHI3.CH2I2.ClH.2HI.V/c18-9-8-17(11-19-13-20-12-17)10-15-6-3-5-14-4-1-2-7-16(14)15;12-8-10-6-3-5-9-4-1-2-7-11(9)10;7-2-1-6-3-8-5-9-4-6;2-1(3)4;2-1-3;;;;/h1-7,18H,8-13H2;1-7H,8H2;7H,1-5H2;1H;1H2;3*1H;/q+1;;;;;;;;+2/p-3. The maximum absolute atomic E-state index is 9.44. The summed E-state index contributed by atoms with van der Waals surface area (Å²) >= 11 is 29.9. The molecule has 6 rings (SSSR count). The van der Waals surface area contributed by atoms with Gasteiger partial charge in [0.2, 0.25) is 0 Å². The first kappa shape index (κ1) is 56.9. The Hall–Kier alpha value is 4.91. The Labute approximate surface area is 437 Å². The molecule has 52 heavy (non-hydrogen) atoms. The average Bonchev–Trinajstić information content (AvgIpc) is 3.14. The summed E-state index contributed by atoms with van der Waals surface area (Å²) in [5, 5.41) is 25.6. The third-order valence-electron chi connectivity index (χ3n) is 7.01. The molecule has 0 bridgehead atoms. The van der Waals surface area contributed by atoms with Crippen molar-refractivity contribution in [1.82, 2.24) is 4.90 Å². The molecule has 2 saturated heterocycles. The number of quaternary nitrogens is 1. The van der Waals surface area contributed by atoms with Crippen LogP contribution in [0.5, 0.6) is 0 Å². The first-order chi connectivity index (χ1) is 24.7. The van der Waals surface area contributed by atoms with E-state index >= 15 is 0 Å². The van der Waals surface area contributed by atoms with E-state index in [1.54, 1.807) is 0 Å². The van der Waals surface area contributed by atoms with Crippen molar-refractivity contribution in [3.05, 3.63) is 96.1 Å².